The van der Waals surface area contributed by atoms with Gasteiger partial charge in [-0.3, -0.25) is 9.36 Å². The third kappa shape index (κ3) is 3.74. The molecule has 0 radical (unpaired) electrons. The van der Waals surface area contributed by atoms with Gasteiger partial charge in [0, 0.05) is 38.1 Å². The Bertz CT molecular complexity index is 1130. The number of hydrogen-bond donors (Lipinski definition) is 0. The molecule has 7 nitrogen and oxygen atoms in total. The molecule has 0 saturated carbocycles. The lowest BCUT2D eigenvalue weighted by Crippen LogP contribution is -2.47. The van der Waals surface area contributed by atoms with Crippen molar-refractivity contribution in [3.05, 3.63) is 58.8 Å². The topological polar surface area (TPSA) is 78.0 Å². The Morgan fingerprint density at radius 3 is 2.59 bits per heavy atom. The molecular weight excluding hydrogens is 378 g/mol. The molecule has 0 atom stereocenters. The molecule has 148 valence electrons. The highest BCUT2D eigenvalue weighted by molar-refractivity contribution is 5.81. The lowest BCUT2D eigenvalue weighted by atomic mass is 10.2. The highest BCUT2D eigenvalue weighted by atomic mass is 19.3. The summed E-state index contributed by atoms with van der Waals surface area (Å²) in [6.07, 6.45) is 0.240. The van der Waals surface area contributed by atoms with Crippen LogP contribution in [0.1, 0.15) is 5.56 Å². The molecular formula is C20H18F2N6O. The quantitative estimate of drug-likeness (QED) is 0.673. The minimum atomic E-state index is -2.61. The van der Waals surface area contributed by atoms with Crippen LogP contribution in [0.4, 0.5) is 20.3 Å². The minimum absolute atomic E-state index is 0.322. The standard InChI is InChI=1S/C20H18F2N6O/c21-18(22)12-28-13-25-17-10-15(3-4-16(17)20(28)29)26-6-8-27(9-7-26)19-14(11-23)2-1-5-24-19/h1-5,10,13,18H,6-9,12H2. The molecule has 4 rings (SSSR count). The first kappa shape index (κ1) is 18.8. The zero-order valence-electron chi connectivity index (χ0n) is 15.5. The van der Waals surface area contributed by atoms with E-state index in [1.54, 1.807) is 30.5 Å². The molecule has 1 fully saturated rings. The number of fused-ring (bicyclic) bond motifs is 1. The first-order valence-corrected chi connectivity index (χ1v) is 9.19. The van der Waals surface area contributed by atoms with Crippen molar-refractivity contribution in [3.63, 3.8) is 0 Å². The third-order valence-electron chi connectivity index (χ3n) is 4.99. The van der Waals surface area contributed by atoms with Crippen LogP contribution in [-0.4, -0.2) is 47.1 Å². The molecule has 0 N–H and O–H groups in total. The SMILES string of the molecule is N#Cc1cccnc1N1CCN(c2ccc3c(=O)n(CC(F)F)cnc3c2)CC1. The van der Waals surface area contributed by atoms with Crippen LogP contribution in [0.5, 0.6) is 0 Å². The first-order valence-electron chi connectivity index (χ1n) is 9.19. The molecule has 29 heavy (non-hydrogen) atoms. The number of pyridine rings is 1. The highest BCUT2D eigenvalue weighted by Crippen LogP contribution is 2.23. The van der Waals surface area contributed by atoms with Crippen molar-refractivity contribution in [3.8, 4) is 6.07 Å². The van der Waals surface area contributed by atoms with E-state index in [2.05, 4.69) is 25.8 Å². The summed E-state index contributed by atoms with van der Waals surface area (Å²) >= 11 is 0. The van der Waals surface area contributed by atoms with Gasteiger partial charge in [0.1, 0.15) is 11.9 Å². The van der Waals surface area contributed by atoms with Gasteiger partial charge in [-0.2, -0.15) is 5.26 Å². The van der Waals surface area contributed by atoms with E-state index >= 15 is 0 Å². The fraction of sp³-hybridized carbons (Fsp3) is 0.300. The van der Waals surface area contributed by atoms with Crippen LogP contribution in [0.15, 0.2) is 47.7 Å². The second kappa shape index (κ2) is 7.83. The molecule has 1 aromatic carbocycles. The van der Waals surface area contributed by atoms with Crippen molar-refractivity contribution in [2.45, 2.75) is 13.0 Å². The molecule has 0 spiro atoms. The second-order valence-electron chi connectivity index (χ2n) is 6.76. The Hall–Kier alpha value is -3.54. The monoisotopic (exact) mass is 396 g/mol. The third-order valence-corrected chi connectivity index (χ3v) is 4.99. The predicted molar refractivity (Wildman–Crippen MR) is 105 cm³/mol. The number of piperazine rings is 1. The van der Waals surface area contributed by atoms with E-state index in [9.17, 15) is 18.8 Å². The van der Waals surface area contributed by atoms with Crippen LogP contribution in [0.3, 0.4) is 0 Å². The summed E-state index contributed by atoms with van der Waals surface area (Å²) in [5, 5.41) is 9.59. The Kier molecular flexibility index (Phi) is 5.08. The summed E-state index contributed by atoms with van der Waals surface area (Å²) in [5.41, 5.74) is 1.48. The number of benzene rings is 1. The maximum atomic E-state index is 12.6. The van der Waals surface area contributed by atoms with Crippen molar-refractivity contribution < 1.29 is 8.78 Å². The molecule has 9 heteroatoms. The van der Waals surface area contributed by atoms with Crippen LogP contribution < -0.4 is 15.4 Å². The average molecular weight is 396 g/mol. The molecule has 2 aromatic heterocycles. The second-order valence-corrected chi connectivity index (χ2v) is 6.76. The van der Waals surface area contributed by atoms with E-state index < -0.39 is 18.5 Å². The minimum Gasteiger partial charge on any atom is -0.368 e. The molecule has 0 unspecified atom stereocenters. The van der Waals surface area contributed by atoms with Gasteiger partial charge in [0.15, 0.2) is 0 Å². The number of nitriles is 1. The summed E-state index contributed by atoms with van der Waals surface area (Å²) < 4.78 is 26.1. The highest BCUT2D eigenvalue weighted by Gasteiger charge is 2.21. The summed E-state index contributed by atoms with van der Waals surface area (Å²) in [5.74, 6) is 0.689. The van der Waals surface area contributed by atoms with Crippen molar-refractivity contribution in [2.24, 2.45) is 0 Å². The van der Waals surface area contributed by atoms with Gasteiger partial charge in [-0.1, -0.05) is 0 Å². The summed E-state index contributed by atoms with van der Waals surface area (Å²) in [4.78, 5) is 25.1. The smallest absolute Gasteiger partial charge is 0.261 e. The summed E-state index contributed by atoms with van der Waals surface area (Å²) in [6.45, 7) is 2.18. The van der Waals surface area contributed by atoms with Crippen molar-refractivity contribution in [1.82, 2.24) is 14.5 Å². The zero-order chi connectivity index (χ0) is 20.4. The maximum absolute atomic E-state index is 12.6. The molecule has 0 amide bonds. The van der Waals surface area contributed by atoms with E-state index in [0.29, 0.717) is 35.4 Å². The fourth-order valence-corrected chi connectivity index (χ4v) is 3.53. The Labute approximate surface area is 165 Å². The first-order chi connectivity index (χ1) is 14.1. The van der Waals surface area contributed by atoms with Gasteiger partial charge >= 0.3 is 0 Å². The van der Waals surface area contributed by atoms with Gasteiger partial charge < -0.3 is 9.80 Å². The van der Waals surface area contributed by atoms with Crippen molar-refractivity contribution >= 4 is 22.4 Å². The normalized spacial score (nSPS) is 14.4. The Morgan fingerprint density at radius 2 is 1.86 bits per heavy atom. The number of anilines is 2. The molecule has 0 bridgehead atoms. The molecule has 0 aliphatic carbocycles. The van der Waals surface area contributed by atoms with Crippen LogP contribution >= 0.6 is 0 Å². The van der Waals surface area contributed by atoms with Gasteiger partial charge in [-0.25, -0.2) is 18.7 Å². The number of hydrogen-bond acceptors (Lipinski definition) is 6. The van der Waals surface area contributed by atoms with Gasteiger partial charge in [0.25, 0.3) is 12.0 Å². The van der Waals surface area contributed by atoms with Gasteiger partial charge in [0.05, 0.1) is 29.3 Å². The van der Waals surface area contributed by atoms with Crippen LogP contribution in [0, 0.1) is 11.3 Å². The maximum Gasteiger partial charge on any atom is 0.261 e. The number of rotatable bonds is 4. The van der Waals surface area contributed by atoms with Crippen molar-refractivity contribution in [2.75, 3.05) is 36.0 Å². The Morgan fingerprint density at radius 1 is 1.10 bits per heavy atom. The zero-order valence-corrected chi connectivity index (χ0v) is 15.5. The van der Waals surface area contributed by atoms with Gasteiger partial charge in [-0.05, 0) is 30.3 Å². The van der Waals surface area contributed by atoms with E-state index in [4.69, 9.17) is 0 Å². The predicted octanol–water partition coefficient (Wildman–Crippen LogP) is 2.25. The van der Waals surface area contributed by atoms with Gasteiger partial charge in [0.2, 0.25) is 0 Å². The average Bonchev–Trinajstić information content (AvgIpc) is 2.75. The van der Waals surface area contributed by atoms with Crippen LogP contribution in [0.25, 0.3) is 10.9 Å². The van der Waals surface area contributed by atoms with E-state index in [1.807, 2.05) is 6.07 Å². The summed E-state index contributed by atoms with van der Waals surface area (Å²) in [6, 6.07) is 10.9. The van der Waals surface area contributed by atoms with E-state index in [0.717, 1.165) is 23.3 Å². The molecule has 1 saturated heterocycles. The number of aromatic nitrogens is 3. The lowest BCUT2D eigenvalue weighted by Gasteiger charge is -2.37. The van der Waals surface area contributed by atoms with Crippen LogP contribution in [0.2, 0.25) is 0 Å². The largest absolute Gasteiger partial charge is 0.368 e. The van der Waals surface area contributed by atoms with E-state index in [1.165, 1.54) is 6.33 Å². The fourth-order valence-electron chi connectivity index (χ4n) is 3.53. The molecule has 3 heterocycles. The summed E-state index contributed by atoms with van der Waals surface area (Å²) in [7, 11) is 0. The van der Waals surface area contributed by atoms with Gasteiger partial charge in [-0.15, -0.1) is 0 Å². The molecule has 3 aromatic rings. The van der Waals surface area contributed by atoms with Crippen molar-refractivity contribution in [1.29, 1.82) is 5.26 Å². The number of halogens is 2. The molecule has 1 aliphatic rings. The number of nitrogens with zero attached hydrogens (tertiary/aromatic N) is 6. The van der Waals surface area contributed by atoms with Crippen LogP contribution in [-0.2, 0) is 6.54 Å². The molecule has 1 aliphatic heterocycles. The lowest BCUT2D eigenvalue weighted by molar-refractivity contribution is 0.125. The number of alkyl halides is 2. The van der Waals surface area contributed by atoms with E-state index in [-0.39, 0.29) is 0 Å². The Balaban J connectivity index is 1.53.